The maximum Gasteiger partial charge on any atom is 0.0922 e. The van der Waals surface area contributed by atoms with Crippen LogP contribution in [0.25, 0.3) is 0 Å². The van der Waals surface area contributed by atoms with E-state index in [1.807, 2.05) is 13.0 Å². The van der Waals surface area contributed by atoms with Gasteiger partial charge in [0.05, 0.1) is 5.76 Å². The van der Waals surface area contributed by atoms with Crippen LogP contribution in [0.1, 0.15) is 26.7 Å². The predicted molar refractivity (Wildman–Crippen MR) is 59.9 cm³/mol. The molecule has 0 heterocycles. The molecular formula is C11H15BrO. The number of rotatable bonds is 2. The van der Waals surface area contributed by atoms with Gasteiger partial charge in [-0.3, -0.25) is 0 Å². The van der Waals surface area contributed by atoms with E-state index >= 15 is 0 Å². The van der Waals surface area contributed by atoms with Crippen molar-refractivity contribution in [2.45, 2.75) is 26.7 Å². The van der Waals surface area contributed by atoms with Crippen molar-refractivity contribution < 1.29 is 5.11 Å². The van der Waals surface area contributed by atoms with Crippen molar-refractivity contribution >= 4 is 15.9 Å². The van der Waals surface area contributed by atoms with Gasteiger partial charge in [0.25, 0.3) is 0 Å². The molecule has 0 bridgehead atoms. The van der Waals surface area contributed by atoms with E-state index in [0.717, 1.165) is 6.42 Å². The summed E-state index contributed by atoms with van der Waals surface area (Å²) in [7, 11) is 0. The lowest BCUT2D eigenvalue weighted by Crippen LogP contribution is -2.01. The van der Waals surface area contributed by atoms with Crippen LogP contribution in [0.2, 0.25) is 0 Å². The van der Waals surface area contributed by atoms with Gasteiger partial charge < -0.3 is 5.11 Å². The lowest BCUT2D eigenvalue weighted by atomic mass is 9.92. The highest BCUT2D eigenvalue weighted by Crippen LogP contribution is 2.29. The van der Waals surface area contributed by atoms with Gasteiger partial charge in [-0.05, 0) is 28.5 Å². The van der Waals surface area contributed by atoms with Gasteiger partial charge in [-0.2, -0.15) is 0 Å². The Bertz CT molecular complexity index is 274. The van der Waals surface area contributed by atoms with Gasteiger partial charge in [-0.25, -0.2) is 0 Å². The van der Waals surface area contributed by atoms with Gasteiger partial charge in [0.15, 0.2) is 0 Å². The van der Waals surface area contributed by atoms with Gasteiger partial charge >= 0.3 is 0 Å². The molecule has 13 heavy (non-hydrogen) atoms. The Hall–Kier alpha value is -0.500. The number of aliphatic hydroxyl groups is 1. The molecule has 2 heteroatoms. The molecule has 0 fully saturated rings. The maximum absolute atomic E-state index is 9.38. The van der Waals surface area contributed by atoms with Crippen LogP contribution >= 0.6 is 15.9 Å². The summed E-state index contributed by atoms with van der Waals surface area (Å²) in [6.45, 7) is 4.12. The van der Waals surface area contributed by atoms with E-state index in [1.54, 1.807) is 0 Å². The molecule has 1 aliphatic rings. The first-order chi connectivity index (χ1) is 6.13. The van der Waals surface area contributed by atoms with Crippen molar-refractivity contribution in [1.29, 1.82) is 0 Å². The molecular weight excluding hydrogens is 228 g/mol. The summed E-state index contributed by atoms with van der Waals surface area (Å²) in [6, 6.07) is 0. The standard InChI is InChI=1S/C11H15BrO/c1-3-11(13)7-9-4-5-10(12)6-8(9)2/h4-5,7-8,13H,3,6H2,1-2H3/b11-7+. The number of hydrogen-bond acceptors (Lipinski definition) is 1. The summed E-state index contributed by atoms with van der Waals surface area (Å²) >= 11 is 3.47. The van der Waals surface area contributed by atoms with Gasteiger partial charge in [-0.1, -0.05) is 41.9 Å². The molecule has 0 radical (unpaired) electrons. The van der Waals surface area contributed by atoms with Crippen molar-refractivity contribution in [2.24, 2.45) is 5.92 Å². The lowest BCUT2D eigenvalue weighted by molar-refractivity contribution is 0.393. The SMILES string of the molecule is CC/C(O)=C\C1=CC=C(Br)CC1C. The molecule has 0 aromatic rings. The fourth-order valence-electron chi connectivity index (χ4n) is 1.31. The minimum absolute atomic E-state index is 0.463. The molecule has 0 aromatic heterocycles. The summed E-state index contributed by atoms with van der Waals surface area (Å²) in [5, 5.41) is 9.38. The molecule has 1 atom stereocenters. The summed E-state index contributed by atoms with van der Waals surface area (Å²) in [4.78, 5) is 0. The molecule has 0 aliphatic heterocycles. The van der Waals surface area contributed by atoms with Crippen LogP contribution in [0.3, 0.4) is 0 Å². The summed E-state index contributed by atoms with van der Waals surface area (Å²) in [6.07, 6.45) is 7.72. The predicted octanol–water partition coefficient (Wildman–Crippen LogP) is 4.08. The molecule has 0 saturated heterocycles. The van der Waals surface area contributed by atoms with E-state index in [-0.39, 0.29) is 0 Å². The Morgan fingerprint density at radius 3 is 2.92 bits per heavy atom. The summed E-state index contributed by atoms with van der Waals surface area (Å²) in [5.74, 6) is 0.956. The quantitative estimate of drug-likeness (QED) is 0.724. The van der Waals surface area contributed by atoms with E-state index in [0.29, 0.717) is 18.1 Å². The van der Waals surface area contributed by atoms with Crippen LogP contribution in [-0.4, -0.2) is 5.11 Å². The van der Waals surface area contributed by atoms with Gasteiger partial charge in [0.2, 0.25) is 0 Å². The van der Waals surface area contributed by atoms with Gasteiger partial charge in [-0.15, -0.1) is 0 Å². The minimum Gasteiger partial charge on any atom is -0.512 e. The average Bonchev–Trinajstić information content (AvgIpc) is 2.09. The number of allylic oxidation sites excluding steroid dienone is 6. The van der Waals surface area contributed by atoms with Gasteiger partial charge in [0.1, 0.15) is 0 Å². The topological polar surface area (TPSA) is 20.2 Å². The van der Waals surface area contributed by atoms with Crippen LogP contribution in [-0.2, 0) is 0 Å². The summed E-state index contributed by atoms with van der Waals surface area (Å²) in [5.41, 5.74) is 1.21. The monoisotopic (exact) mass is 242 g/mol. The maximum atomic E-state index is 9.38. The third-order valence-electron chi connectivity index (χ3n) is 2.22. The Labute approximate surface area is 88.0 Å². The largest absolute Gasteiger partial charge is 0.512 e. The minimum atomic E-state index is 0.463. The Morgan fingerprint density at radius 2 is 2.38 bits per heavy atom. The third kappa shape index (κ3) is 3.03. The molecule has 1 unspecified atom stereocenters. The molecule has 72 valence electrons. The second kappa shape index (κ2) is 4.66. The van der Waals surface area contributed by atoms with Crippen LogP contribution in [0, 0.1) is 5.92 Å². The van der Waals surface area contributed by atoms with E-state index in [4.69, 9.17) is 0 Å². The van der Waals surface area contributed by atoms with Crippen LogP contribution in [0.5, 0.6) is 0 Å². The van der Waals surface area contributed by atoms with Crippen molar-refractivity contribution in [3.63, 3.8) is 0 Å². The van der Waals surface area contributed by atoms with Crippen LogP contribution in [0.15, 0.2) is 34.0 Å². The Morgan fingerprint density at radius 1 is 1.69 bits per heavy atom. The smallest absolute Gasteiger partial charge is 0.0922 e. The number of halogens is 1. The van der Waals surface area contributed by atoms with E-state index < -0.39 is 0 Å². The molecule has 0 spiro atoms. The van der Waals surface area contributed by atoms with Crippen molar-refractivity contribution in [3.05, 3.63) is 34.0 Å². The Balaban J connectivity index is 2.80. The first-order valence-electron chi connectivity index (χ1n) is 4.59. The van der Waals surface area contributed by atoms with Crippen LogP contribution < -0.4 is 0 Å². The van der Waals surface area contributed by atoms with E-state index in [1.165, 1.54) is 10.1 Å². The highest BCUT2D eigenvalue weighted by atomic mass is 79.9. The average molecular weight is 243 g/mol. The third-order valence-corrected chi connectivity index (χ3v) is 2.81. The highest BCUT2D eigenvalue weighted by molar-refractivity contribution is 9.11. The first-order valence-corrected chi connectivity index (χ1v) is 5.38. The van der Waals surface area contributed by atoms with Crippen LogP contribution in [0.4, 0.5) is 0 Å². The Kier molecular flexibility index (Phi) is 3.79. The fourth-order valence-corrected chi connectivity index (χ4v) is 1.93. The molecule has 1 nitrogen and oxygen atoms in total. The molecule has 1 rings (SSSR count). The van der Waals surface area contributed by atoms with Gasteiger partial charge in [0, 0.05) is 6.42 Å². The second-order valence-electron chi connectivity index (χ2n) is 3.37. The molecule has 1 aliphatic carbocycles. The van der Waals surface area contributed by atoms with Crippen molar-refractivity contribution in [2.75, 3.05) is 0 Å². The molecule has 0 aromatic carbocycles. The van der Waals surface area contributed by atoms with Crippen molar-refractivity contribution in [3.8, 4) is 0 Å². The fraction of sp³-hybridized carbons (Fsp3) is 0.455. The zero-order chi connectivity index (χ0) is 9.84. The number of hydrogen-bond donors (Lipinski definition) is 1. The molecule has 1 N–H and O–H groups in total. The summed E-state index contributed by atoms with van der Waals surface area (Å²) < 4.78 is 1.23. The highest BCUT2D eigenvalue weighted by Gasteiger charge is 2.11. The molecule has 0 amide bonds. The first kappa shape index (κ1) is 10.6. The lowest BCUT2D eigenvalue weighted by Gasteiger charge is -2.16. The van der Waals surface area contributed by atoms with E-state index in [9.17, 15) is 5.11 Å². The molecule has 0 saturated carbocycles. The zero-order valence-corrected chi connectivity index (χ0v) is 9.63. The van der Waals surface area contributed by atoms with E-state index in [2.05, 4.69) is 35.0 Å². The zero-order valence-electron chi connectivity index (χ0n) is 8.05. The second-order valence-corrected chi connectivity index (χ2v) is 4.39. The normalized spacial score (nSPS) is 23.9. The number of aliphatic hydroxyl groups excluding tert-OH is 1. The van der Waals surface area contributed by atoms with Crippen molar-refractivity contribution in [1.82, 2.24) is 0 Å².